The van der Waals surface area contributed by atoms with E-state index >= 15 is 0 Å². The molecule has 5 atom stereocenters. The van der Waals surface area contributed by atoms with Crippen molar-refractivity contribution >= 4 is 23.5 Å². The van der Waals surface area contributed by atoms with Gasteiger partial charge in [-0.15, -0.1) is 0 Å². The lowest BCUT2D eigenvalue weighted by Gasteiger charge is -2.56. The fraction of sp³-hybridized carbons (Fsp3) is 1.00. The fourth-order valence-corrected chi connectivity index (χ4v) is 9.23. The zero-order valence-electron chi connectivity index (χ0n) is 13.6. The minimum absolute atomic E-state index is 0.0372. The predicted octanol–water partition coefficient (Wildman–Crippen LogP) is 4.23. The van der Waals surface area contributed by atoms with Crippen molar-refractivity contribution in [3.05, 3.63) is 0 Å². The second kappa shape index (κ2) is 5.04. The van der Waals surface area contributed by atoms with Crippen molar-refractivity contribution < 1.29 is 13.6 Å². The monoisotopic (exact) mass is 379 g/mol. The maximum absolute atomic E-state index is 13.6. The van der Waals surface area contributed by atoms with E-state index in [9.17, 15) is 4.57 Å². The molecule has 4 fully saturated rings. The first kappa shape index (κ1) is 16.4. The van der Waals surface area contributed by atoms with Crippen molar-refractivity contribution in [3.63, 3.8) is 0 Å². The van der Waals surface area contributed by atoms with E-state index in [1.807, 2.05) is 13.8 Å². The normalized spacial score (nSPS) is 42.4. The summed E-state index contributed by atoms with van der Waals surface area (Å²) in [6.07, 6.45) is 2.05. The first-order chi connectivity index (χ1) is 9.73. The van der Waals surface area contributed by atoms with Gasteiger partial charge in [0, 0.05) is 16.4 Å². The lowest BCUT2D eigenvalue weighted by Crippen LogP contribution is -2.62. The van der Waals surface area contributed by atoms with Gasteiger partial charge >= 0.3 is 7.60 Å². The van der Waals surface area contributed by atoms with E-state index in [0.29, 0.717) is 35.9 Å². The van der Waals surface area contributed by atoms with Crippen LogP contribution in [0, 0.1) is 11.8 Å². The summed E-state index contributed by atoms with van der Waals surface area (Å²) in [5, 5.41) is -0.392. The summed E-state index contributed by atoms with van der Waals surface area (Å²) in [4.78, 5) is 2.98. The molecule has 0 aromatic carbocycles. The van der Waals surface area contributed by atoms with Crippen LogP contribution < -0.4 is 0 Å². The van der Waals surface area contributed by atoms with Gasteiger partial charge in [0.2, 0.25) is 0 Å². The maximum Gasteiger partial charge on any atom is 0.351 e. The van der Waals surface area contributed by atoms with Gasteiger partial charge in [-0.1, -0.05) is 15.9 Å². The highest BCUT2D eigenvalue weighted by molar-refractivity contribution is 9.09. The molecule has 6 heteroatoms. The average Bonchev–Trinajstić information content (AvgIpc) is 2.92. The quantitative estimate of drug-likeness (QED) is 0.529. The van der Waals surface area contributed by atoms with Crippen molar-refractivity contribution in [1.29, 1.82) is 0 Å². The van der Waals surface area contributed by atoms with Gasteiger partial charge in [0.1, 0.15) is 5.28 Å². The minimum Gasteiger partial charge on any atom is -0.308 e. The minimum atomic E-state index is -3.13. The van der Waals surface area contributed by atoms with E-state index in [2.05, 4.69) is 41.6 Å². The van der Waals surface area contributed by atoms with E-state index in [4.69, 9.17) is 9.05 Å². The van der Waals surface area contributed by atoms with Crippen LogP contribution in [0.3, 0.4) is 0 Å². The summed E-state index contributed by atoms with van der Waals surface area (Å²) in [6.45, 7) is 11.3. The van der Waals surface area contributed by atoms with Crippen LogP contribution >= 0.6 is 23.5 Å². The van der Waals surface area contributed by atoms with Gasteiger partial charge in [-0.05, 0) is 59.3 Å². The van der Waals surface area contributed by atoms with Crippen molar-refractivity contribution in [2.45, 2.75) is 69.1 Å². The Morgan fingerprint density at radius 1 is 1.29 bits per heavy atom. The number of hydrogen-bond acceptors (Lipinski definition) is 4. The van der Waals surface area contributed by atoms with E-state index in [1.165, 1.54) is 0 Å². The summed E-state index contributed by atoms with van der Waals surface area (Å²) < 4.78 is 25.2. The van der Waals surface area contributed by atoms with Crippen LogP contribution in [0.4, 0.5) is 0 Å². The molecular formula is C15H27BrNO3P. The molecule has 2 heterocycles. The Bertz CT molecular complexity index is 470. The molecule has 21 heavy (non-hydrogen) atoms. The number of nitrogens with zero attached hydrogens (tertiary/aromatic N) is 1. The molecule has 4 aliphatic rings. The Kier molecular flexibility index (Phi) is 3.95. The Morgan fingerprint density at radius 3 is 2.33 bits per heavy atom. The molecule has 0 aromatic heterocycles. The van der Waals surface area contributed by atoms with Gasteiger partial charge in [-0.2, -0.15) is 0 Å². The van der Waals surface area contributed by atoms with Crippen LogP contribution in [-0.4, -0.2) is 39.8 Å². The molecule has 0 radical (unpaired) electrons. The van der Waals surface area contributed by atoms with Crippen LogP contribution in [0.15, 0.2) is 0 Å². The fourth-order valence-electron chi connectivity index (χ4n) is 5.16. The third-order valence-electron chi connectivity index (χ3n) is 5.45. The smallest absolute Gasteiger partial charge is 0.308 e. The number of halogens is 1. The molecule has 0 N–H and O–H groups in total. The molecule has 2 saturated heterocycles. The van der Waals surface area contributed by atoms with Gasteiger partial charge in [0.25, 0.3) is 0 Å². The van der Waals surface area contributed by atoms with Gasteiger partial charge in [0.05, 0.1) is 13.2 Å². The molecule has 4 rings (SSSR count). The summed E-state index contributed by atoms with van der Waals surface area (Å²) in [7, 11) is -3.13. The van der Waals surface area contributed by atoms with E-state index in [0.717, 1.165) is 12.8 Å². The van der Waals surface area contributed by atoms with Crippen molar-refractivity contribution in [3.8, 4) is 0 Å². The lowest BCUT2D eigenvalue weighted by molar-refractivity contribution is -0.00879. The molecule has 122 valence electrons. The zero-order valence-corrected chi connectivity index (χ0v) is 16.1. The van der Waals surface area contributed by atoms with Crippen molar-refractivity contribution in [2.75, 3.05) is 13.2 Å². The van der Waals surface area contributed by atoms with Gasteiger partial charge < -0.3 is 9.05 Å². The van der Waals surface area contributed by atoms with Crippen LogP contribution in [0.5, 0.6) is 0 Å². The molecule has 0 aromatic rings. The van der Waals surface area contributed by atoms with Crippen molar-refractivity contribution in [2.24, 2.45) is 11.8 Å². The highest BCUT2D eigenvalue weighted by Crippen LogP contribution is 2.82. The van der Waals surface area contributed by atoms with Crippen LogP contribution in [0.25, 0.3) is 0 Å². The van der Waals surface area contributed by atoms with E-state index < -0.39 is 12.9 Å². The molecule has 0 amide bonds. The van der Waals surface area contributed by atoms with Crippen molar-refractivity contribution in [1.82, 2.24) is 4.90 Å². The Labute approximate surface area is 136 Å². The predicted molar refractivity (Wildman–Crippen MR) is 87.9 cm³/mol. The summed E-state index contributed by atoms with van der Waals surface area (Å²) >= 11 is 3.85. The Morgan fingerprint density at radius 2 is 1.86 bits per heavy atom. The number of piperidine rings is 1. The third-order valence-corrected chi connectivity index (χ3v) is 9.24. The topological polar surface area (TPSA) is 38.8 Å². The molecule has 4 unspecified atom stereocenters. The van der Waals surface area contributed by atoms with Crippen LogP contribution in [0.1, 0.15) is 47.5 Å². The first-order valence-electron chi connectivity index (χ1n) is 8.05. The lowest BCUT2D eigenvalue weighted by atomic mass is 9.74. The average molecular weight is 380 g/mol. The summed E-state index contributed by atoms with van der Waals surface area (Å²) in [5.41, 5.74) is -0.0372. The zero-order chi connectivity index (χ0) is 15.6. The largest absolute Gasteiger partial charge is 0.351 e. The second-order valence-corrected chi connectivity index (χ2v) is 10.9. The van der Waals surface area contributed by atoms with Gasteiger partial charge in [0.15, 0.2) is 0 Å². The summed E-state index contributed by atoms with van der Waals surface area (Å²) in [6, 6.07) is 0.462. The highest BCUT2D eigenvalue weighted by atomic mass is 79.9. The standard InChI is InChI=1S/C15H27BrNO3P/c1-6-19-21(18,20-7-2)15-9-10-11(15)8-12(16)13(10)17(15)14(3,4)5/h10-13H,6-9H2,1-5H3/t10?,11?,12-,13?,15?/m1/s1. The summed E-state index contributed by atoms with van der Waals surface area (Å²) in [5.74, 6) is 1.08. The molecule has 2 aliphatic carbocycles. The molecule has 4 bridgehead atoms. The second-order valence-electron chi connectivity index (χ2n) is 7.47. The first-order valence-corrected chi connectivity index (χ1v) is 10.5. The van der Waals surface area contributed by atoms with Crippen LogP contribution in [0.2, 0.25) is 0 Å². The SMILES string of the molecule is CCOP(=O)(OCC)C12CC3C([C@H](Br)CC31)N2C(C)(C)C. The number of alkyl halides is 1. The van der Waals surface area contributed by atoms with E-state index in [1.54, 1.807) is 0 Å². The Balaban J connectivity index is 2.05. The molecule has 0 spiro atoms. The molecule has 2 saturated carbocycles. The highest BCUT2D eigenvalue weighted by Gasteiger charge is 2.82. The molecule has 2 aliphatic heterocycles. The third kappa shape index (κ3) is 1.94. The molecular weight excluding hydrogens is 353 g/mol. The van der Waals surface area contributed by atoms with Gasteiger partial charge in [-0.3, -0.25) is 9.46 Å². The van der Waals surface area contributed by atoms with Gasteiger partial charge in [-0.25, -0.2) is 0 Å². The Hall–Kier alpha value is 0.590. The maximum atomic E-state index is 13.6. The van der Waals surface area contributed by atoms with Crippen LogP contribution in [-0.2, 0) is 13.6 Å². The number of hydrogen-bond donors (Lipinski definition) is 0. The number of rotatable bonds is 5. The van der Waals surface area contributed by atoms with E-state index in [-0.39, 0.29) is 5.54 Å². The molecule has 4 nitrogen and oxygen atoms in total.